The topological polar surface area (TPSA) is 201 Å². The Morgan fingerprint density at radius 1 is 0.667 bits per heavy atom. The first-order chi connectivity index (χ1) is 31.9. The molecule has 18 heteroatoms. The number of sulfone groups is 1. The van der Waals surface area contributed by atoms with Gasteiger partial charge in [0.2, 0.25) is 0 Å². The minimum absolute atomic E-state index is 0.104. The number of rotatable bonds is 13. The zero-order chi connectivity index (χ0) is 46.4. The molecule has 332 valence electrons. The van der Waals surface area contributed by atoms with E-state index in [0.29, 0.717) is 60.6 Å². The second kappa shape index (κ2) is 19.4. The molecular formula is C48H39N7O7S4. The number of nitriles is 1. The van der Waals surface area contributed by atoms with Crippen molar-refractivity contribution >= 4 is 75.2 Å². The number of aromatic nitrogens is 4. The Bertz CT molecular complexity index is 3460. The second-order valence-electron chi connectivity index (χ2n) is 14.4. The average Bonchev–Trinajstić information content (AvgIpc) is 4.08. The van der Waals surface area contributed by atoms with Crippen molar-refractivity contribution < 1.29 is 31.0 Å². The fourth-order valence-electron chi connectivity index (χ4n) is 7.28. The van der Waals surface area contributed by atoms with Crippen LogP contribution in [0.1, 0.15) is 16.1 Å². The van der Waals surface area contributed by atoms with Crippen LogP contribution in [0.25, 0.3) is 44.1 Å². The van der Waals surface area contributed by atoms with Crippen LogP contribution in [0.5, 0.6) is 17.2 Å². The number of methoxy groups -OCH3 is 3. The molecule has 0 aliphatic carbocycles. The third-order valence-electron chi connectivity index (χ3n) is 10.4. The van der Waals surface area contributed by atoms with E-state index in [1.54, 1.807) is 93.0 Å². The van der Waals surface area contributed by atoms with Crippen molar-refractivity contribution in [2.45, 2.75) is 22.1 Å². The summed E-state index contributed by atoms with van der Waals surface area (Å²) in [5.74, 6) is 1.81. The molecule has 4 aromatic heterocycles. The molecule has 0 fully saturated rings. The van der Waals surface area contributed by atoms with Gasteiger partial charge < -0.3 is 19.9 Å². The van der Waals surface area contributed by atoms with Gasteiger partial charge in [0.1, 0.15) is 34.1 Å². The summed E-state index contributed by atoms with van der Waals surface area (Å²) in [4.78, 5) is 17.4. The van der Waals surface area contributed by atoms with Crippen molar-refractivity contribution in [3.05, 3.63) is 161 Å². The first-order valence-electron chi connectivity index (χ1n) is 19.9. The maximum absolute atomic E-state index is 13.9. The molecule has 0 saturated heterocycles. The van der Waals surface area contributed by atoms with Crippen LogP contribution >= 0.6 is 22.7 Å². The highest BCUT2D eigenvalue weighted by Crippen LogP contribution is 2.40. The fraction of sp³-hybridized carbons (Fsp3) is 0.104. The summed E-state index contributed by atoms with van der Waals surface area (Å²) in [7, 11) is -2.79. The number of nitrogens with two attached hydrogens (primary N) is 1. The highest BCUT2D eigenvalue weighted by atomic mass is 32.2. The Kier molecular flexibility index (Phi) is 13.2. The third kappa shape index (κ3) is 9.23. The fourth-order valence-corrected chi connectivity index (χ4v) is 11.9. The number of sulfonamides is 1. The van der Waals surface area contributed by atoms with Gasteiger partial charge in [-0.3, -0.25) is 9.97 Å². The minimum atomic E-state index is -3.98. The summed E-state index contributed by atoms with van der Waals surface area (Å²) in [5, 5.41) is 15.4. The zero-order valence-corrected chi connectivity index (χ0v) is 38.8. The molecule has 14 nitrogen and oxygen atoms in total. The largest absolute Gasteiger partial charge is 0.497 e. The molecular weight excluding hydrogens is 915 g/mol. The first-order valence-corrected chi connectivity index (χ1v) is 24.7. The van der Waals surface area contributed by atoms with Crippen molar-refractivity contribution in [3.8, 4) is 45.6 Å². The van der Waals surface area contributed by atoms with E-state index >= 15 is 0 Å². The number of hydrogen-bond acceptors (Lipinski definition) is 15. The predicted molar refractivity (Wildman–Crippen MR) is 258 cm³/mol. The van der Waals surface area contributed by atoms with Crippen molar-refractivity contribution in [3.63, 3.8) is 0 Å². The van der Waals surface area contributed by atoms with Gasteiger partial charge in [-0.25, -0.2) is 31.1 Å². The van der Waals surface area contributed by atoms with E-state index in [0.717, 1.165) is 27.6 Å². The van der Waals surface area contributed by atoms with Crippen molar-refractivity contribution in [2.24, 2.45) is 0 Å². The molecule has 0 spiro atoms. The van der Waals surface area contributed by atoms with Crippen LogP contribution in [0.4, 0.5) is 10.8 Å². The predicted octanol–water partition coefficient (Wildman–Crippen LogP) is 9.57. The smallest absolute Gasteiger partial charge is 0.266 e. The molecule has 0 aliphatic heterocycles. The summed E-state index contributed by atoms with van der Waals surface area (Å²) < 4.78 is 70.9. The normalized spacial score (nSPS) is 11.4. The standard InChI is InChI=1S/C27H24N4O4S2.C21H15N3O3S2/c1-34-19-9-7-18(8-10-19)17-31(27-29-13-14-36-27)37(32,33)20-11-12-21-24(15-20)30-16-23(28)26(21)22-5-3-4-6-25(22)35-2;1-27-19-5-3-2-4-17(19)21-14(11-22)12-24-18-10-15(6-7-16(18)21)29(25,26)13-20-23-8-9-28-20/h3-16H,17,28H2,1-2H3;2-10,12H,13H2,1H3. The van der Waals surface area contributed by atoms with E-state index < -0.39 is 19.9 Å². The number of hydrogen-bond donors (Lipinski definition) is 1. The number of benzene rings is 5. The summed E-state index contributed by atoms with van der Waals surface area (Å²) >= 11 is 2.55. The maximum Gasteiger partial charge on any atom is 0.266 e. The quantitative estimate of drug-likeness (QED) is 0.115. The van der Waals surface area contributed by atoms with Crippen LogP contribution in [0.15, 0.2) is 155 Å². The third-order valence-corrected chi connectivity index (χ3v) is 15.7. The van der Waals surface area contributed by atoms with E-state index in [4.69, 9.17) is 19.9 Å². The number of thiazole rings is 2. The van der Waals surface area contributed by atoms with Crippen molar-refractivity contribution in [2.75, 3.05) is 31.4 Å². The van der Waals surface area contributed by atoms with Crippen LogP contribution in [0.3, 0.4) is 0 Å². The lowest BCUT2D eigenvalue weighted by molar-refractivity contribution is 0.414. The highest BCUT2D eigenvalue weighted by molar-refractivity contribution is 7.93. The second-order valence-corrected chi connectivity index (χ2v) is 20.1. The van der Waals surface area contributed by atoms with E-state index in [2.05, 4.69) is 26.0 Å². The number of para-hydroxylation sites is 2. The Morgan fingerprint density at radius 3 is 1.86 bits per heavy atom. The molecule has 0 unspecified atom stereocenters. The Morgan fingerprint density at radius 2 is 1.26 bits per heavy atom. The van der Waals surface area contributed by atoms with Gasteiger partial charge in [0.25, 0.3) is 10.0 Å². The number of anilines is 2. The number of pyridine rings is 2. The van der Waals surface area contributed by atoms with Crippen LogP contribution < -0.4 is 24.2 Å². The van der Waals surface area contributed by atoms with Crippen molar-refractivity contribution in [1.82, 2.24) is 19.9 Å². The summed E-state index contributed by atoms with van der Waals surface area (Å²) in [6.07, 6.45) is 6.17. The van der Waals surface area contributed by atoms with Gasteiger partial charge in [0.15, 0.2) is 15.0 Å². The van der Waals surface area contributed by atoms with Crippen LogP contribution in [0.2, 0.25) is 0 Å². The SMILES string of the molecule is COc1ccc(CN(c2nccs2)S(=O)(=O)c2ccc3c(-c4ccccc4OC)c(N)cnc3c2)cc1.COc1ccccc1-c1c(C#N)cnc2cc(S(=O)(=O)Cc3nccs3)ccc12. The lowest BCUT2D eigenvalue weighted by Crippen LogP contribution is -2.30. The van der Waals surface area contributed by atoms with Gasteiger partial charge in [0.05, 0.1) is 66.1 Å². The first kappa shape index (κ1) is 45.1. The molecule has 9 aromatic rings. The van der Waals surface area contributed by atoms with Crippen LogP contribution in [-0.4, -0.2) is 58.1 Å². The number of nitrogens with zero attached hydrogens (tertiary/aromatic N) is 6. The molecule has 4 heterocycles. The molecule has 0 amide bonds. The summed E-state index contributed by atoms with van der Waals surface area (Å²) in [6.45, 7) is 0.111. The Hall–Kier alpha value is -7.43. The monoisotopic (exact) mass is 953 g/mol. The minimum Gasteiger partial charge on any atom is -0.497 e. The average molecular weight is 954 g/mol. The Balaban J connectivity index is 0.000000185. The molecule has 0 atom stereocenters. The number of ether oxygens (including phenoxy) is 3. The summed E-state index contributed by atoms with van der Waals surface area (Å²) in [6, 6.07) is 34.0. The van der Waals surface area contributed by atoms with Gasteiger partial charge in [-0.2, -0.15) is 5.26 Å². The highest BCUT2D eigenvalue weighted by Gasteiger charge is 2.28. The molecule has 0 saturated carbocycles. The number of fused-ring (bicyclic) bond motifs is 2. The molecule has 5 aromatic carbocycles. The molecule has 0 bridgehead atoms. The summed E-state index contributed by atoms with van der Waals surface area (Å²) in [5.41, 5.74) is 11.9. The maximum atomic E-state index is 13.9. The van der Waals surface area contributed by atoms with Crippen LogP contribution in [-0.2, 0) is 32.2 Å². The van der Waals surface area contributed by atoms with E-state index in [1.165, 1.54) is 39.4 Å². The van der Waals surface area contributed by atoms with Gasteiger partial charge in [-0.05, 0) is 54.1 Å². The van der Waals surface area contributed by atoms with Gasteiger partial charge in [-0.15, -0.1) is 22.7 Å². The van der Waals surface area contributed by atoms with E-state index in [-0.39, 0.29) is 22.1 Å². The lowest BCUT2D eigenvalue weighted by Gasteiger charge is -2.22. The molecule has 0 radical (unpaired) electrons. The lowest BCUT2D eigenvalue weighted by atomic mass is 9.96. The molecule has 2 N–H and O–H groups in total. The van der Waals surface area contributed by atoms with Gasteiger partial charge >= 0.3 is 0 Å². The van der Waals surface area contributed by atoms with Crippen molar-refractivity contribution in [1.29, 1.82) is 5.26 Å². The van der Waals surface area contributed by atoms with E-state index in [1.807, 2.05) is 60.7 Å². The molecule has 0 aliphatic rings. The van der Waals surface area contributed by atoms with E-state index in [9.17, 15) is 22.1 Å². The molecule has 9 rings (SSSR count). The van der Waals surface area contributed by atoms with Gasteiger partial charge in [0, 0.05) is 62.4 Å². The van der Waals surface area contributed by atoms with Crippen LogP contribution in [0, 0.1) is 11.3 Å². The zero-order valence-electron chi connectivity index (χ0n) is 35.5. The number of nitrogen functional groups attached to an aromatic ring is 1. The van der Waals surface area contributed by atoms with Gasteiger partial charge in [-0.1, -0.05) is 60.7 Å². The molecule has 66 heavy (non-hydrogen) atoms. The Labute approximate surface area is 389 Å².